The smallest absolute Gasteiger partial charge is 0.407 e. The molecule has 0 radical (unpaired) electrons. The van der Waals surface area contributed by atoms with Gasteiger partial charge in [-0.2, -0.15) is 0 Å². The largest absolute Gasteiger partial charge is 0.496 e. The lowest BCUT2D eigenvalue weighted by molar-refractivity contribution is -0.301. The summed E-state index contributed by atoms with van der Waals surface area (Å²) in [5.74, 6) is 0.334. The Morgan fingerprint density at radius 2 is 1.54 bits per heavy atom. The SMILES string of the molecule is CC[C@]1(O)C[C@H]2CN(CCc3c([nH]c4ccccc34)[C@@](C)(c3cc4c(cc3OC)N(C)[C@H]3[C@@](O)(C(=O)CNC(=O)OCCSSCCCC(=O)[C@H](CNC(=O)CCCCCCCCOC5OC(CO)C(O)[C@H](O)[C@H]5O)NC(=O)CCCCC(=O)c5ccc(CCc6cnc7nc(C)[nH]c(=O)c7n6)cc5)[C@H](O)[C@]5(CC)C=CCN6CC[C@]43[C@@H]65)C2)C1. The maximum Gasteiger partial charge on any atom is 0.407 e. The number of aliphatic hydroxyl groups is 7. The number of aromatic amines is 2. The van der Waals surface area contributed by atoms with Crippen molar-refractivity contribution in [2.45, 2.75) is 239 Å². The maximum absolute atomic E-state index is 15.4. The number of aryl methyl sites for hydroxylation is 3. The summed E-state index contributed by atoms with van der Waals surface area (Å²) < 4.78 is 23.1. The summed E-state index contributed by atoms with van der Waals surface area (Å²) in [7, 11) is 6.45. The van der Waals surface area contributed by atoms with Gasteiger partial charge in [0.1, 0.15) is 54.7 Å². The number of amides is 3. The molecule has 16 atom stereocenters. The molecule has 29 nitrogen and oxygen atoms in total. The predicted octanol–water partition coefficient (Wildman–Crippen LogP) is 6.83. The molecule has 646 valence electrons. The summed E-state index contributed by atoms with van der Waals surface area (Å²) in [6.45, 7) is 10.5. The molecule has 7 aliphatic rings. The third-order valence-corrected chi connectivity index (χ3v) is 28.8. The van der Waals surface area contributed by atoms with Crippen LogP contribution in [0, 0.1) is 18.3 Å². The minimum absolute atomic E-state index is 0.0348. The van der Waals surface area contributed by atoms with Gasteiger partial charge >= 0.3 is 6.09 Å². The van der Waals surface area contributed by atoms with E-state index in [9.17, 15) is 64.5 Å². The van der Waals surface area contributed by atoms with Crippen LogP contribution in [0.2, 0.25) is 0 Å². The van der Waals surface area contributed by atoms with Gasteiger partial charge in [-0.25, -0.2) is 19.7 Å². The Balaban J connectivity index is 0.590. The molecule has 1 spiro atoms. The third-order valence-electron chi connectivity index (χ3n) is 26.4. The number of fused-ring (bicyclic) bond motifs is 7. The average Bonchev–Trinajstić information content (AvgIpc) is 1.49. The van der Waals surface area contributed by atoms with Gasteiger partial charge in [-0.1, -0.05) is 116 Å². The number of hydrogen-bond acceptors (Lipinski definition) is 26. The van der Waals surface area contributed by atoms with Crippen LogP contribution in [0.1, 0.15) is 186 Å². The minimum Gasteiger partial charge on any atom is -0.496 e. The van der Waals surface area contributed by atoms with Crippen molar-refractivity contribution in [3.8, 4) is 5.75 Å². The number of aromatic nitrogens is 5. The Labute approximate surface area is 702 Å². The molecule has 119 heavy (non-hydrogen) atoms. The molecule has 31 heteroatoms. The Morgan fingerprint density at radius 3 is 2.31 bits per heavy atom. The second kappa shape index (κ2) is 38.8. The second-order valence-corrected chi connectivity index (χ2v) is 36.8. The number of anilines is 1. The molecule has 9 heterocycles. The molecule has 1 saturated carbocycles. The first-order valence-corrected chi connectivity index (χ1v) is 45.1. The first-order valence-electron chi connectivity index (χ1n) is 42.6. The highest BCUT2D eigenvalue weighted by Crippen LogP contribution is 2.68. The zero-order valence-corrected chi connectivity index (χ0v) is 70.9. The first-order chi connectivity index (χ1) is 57.2. The lowest BCUT2D eigenvalue weighted by Crippen LogP contribution is -2.81. The lowest BCUT2D eigenvalue weighted by atomic mass is 9.47. The summed E-state index contributed by atoms with van der Waals surface area (Å²) in [6.07, 6.45) is 7.54. The molecule has 6 aromatic rings. The highest BCUT2D eigenvalue weighted by molar-refractivity contribution is 8.76. The van der Waals surface area contributed by atoms with Gasteiger partial charge in [0, 0.05) is 145 Å². The molecule has 2 bridgehead atoms. The van der Waals surface area contributed by atoms with Crippen LogP contribution in [0.4, 0.5) is 10.5 Å². The van der Waals surface area contributed by atoms with Crippen LogP contribution in [0.5, 0.6) is 5.75 Å². The number of H-pyrrole nitrogens is 2. The molecular weight excluding hydrogens is 1560 g/mol. The Kier molecular flexibility index (Phi) is 29.0. The number of benzene rings is 3. The van der Waals surface area contributed by atoms with E-state index >= 15 is 4.79 Å². The standard InChI is InChI=1S/C88H119N11O18S2/c1-7-85(112)46-55-45-84(4,76-59(33-37-98(50-55)52-85)58-21-14-15-22-62(58)96-76)61-43-60-64(44-67(61)114-6)97(5)81-87(60)35-38-99-36-20-34-86(8-2,80(87)99)82(110)88(81,113)69(103)49-91-83(111)116-40-42-119-118-41-19-24-66(102)63(48-89-70(104)25-13-11-9-10-12-18-39-115-79-75(108)74(107)73(106)68(51-100)117-79)95-71(105)26-17-16-23-65(101)56-30-27-54(28-31-56)29-32-57-47-90-77-72(94-57)78(109)93-53(3)92-77/h14-15,20-22,27-28,30-31,34,43-44,47,55,63,68,73-75,79-82,96,100,106-108,110,112-113H,7-13,16-19,23-26,29,32-33,35-42,45-46,48-52H2,1-6H3,(H,89,104)(H,91,111)(H,95,105)(H,90,92,93,109)/t55-,63-,68?,73?,74-,75+,79?,80-,81+,82+,84+,85-,86+,87+,88-/m0/s1. The van der Waals surface area contributed by atoms with E-state index in [1.807, 2.05) is 43.2 Å². The zero-order chi connectivity index (χ0) is 84.6. The van der Waals surface area contributed by atoms with E-state index in [4.69, 9.17) is 18.9 Å². The highest BCUT2D eigenvalue weighted by Gasteiger charge is 2.78. The van der Waals surface area contributed by atoms with Crippen molar-refractivity contribution in [3.05, 3.63) is 134 Å². The third kappa shape index (κ3) is 18.8. The molecule has 4 fully saturated rings. The van der Waals surface area contributed by atoms with E-state index < -0.39 is 107 Å². The number of piperidine rings is 1. The number of hydrogen-bond donors (Lipinski definition) is 12. The van der Waals surface area contributed by atoms with E-state index in [2.05, 4.69) is 101 Å². The fraction of sp³-hybridized carbons (Fsp3) is 0.614. The summed E-state index contributed by atoms with van der Waals surface area (Å²) >= 11 is 0. The minimum atomic E-state index is -2.41. The van der Waals surface area contributed by atoms with Gasteiger partial charge in [0.05, 0.1) is 43.8 Å². The summed E-state index contributed by atoms with van der Waals surface area (Å²) in [5, 5.41) is 88.3. The molecule has 3 aromatic heterocycles. The highest BCUT2D eigenvalue weighted by atomic mass is 33.1. The summed E-state index contributed by atoms with van der Waals surface area (Å²) in [6, 6.07) is 17.8. The van der Waals surface area contributed by atoms with Crippen LogP contribution in [-0.2, 0) is 63.5 Å². The first kappa shape index (κ1) is 89.0. The van der Waals surface area contributed by atoms with Crippen molar-refractivity contribution in [3.63, 3.8) is 0 Å². The molecule has 1 aliphatic carbocycles. The monoisotopic (exact) mass is 1680 g/mol. The van der Waals surface area contributed by atoms with Crippen LogP contribution in [-0.4, -0.2) is 263 Å². The van der Waals surface area contributed by atoms with E-state index in [0.717, 1.165) is 84.2 Å². The quantitative estimate of drug-likeness (QED) is 0.00813. The Bertz CT molecular complexity index is 4700. The number of ketones is 3. The molecule has 3 amide bonds. The van der Waals surface area contributed by atoms with Crippen molar-refractivity contribution < 1.29 is 83.5 Å². The zero-order valence-electron chi connectivity index (χ0n) is 69.2. The van der Waals surface area contributed by atoms with Crippen molar-refractivity contribution in [2.75, 3.05) is 96.2 Å². The van der Waals surface area contributed by atoms with E-state index in [1.165, 1.54) is 27.2 Å². The maximum atomic E-state index is 15.4. The van der Waals surface area contributed by atoms with Gasteiger partial charge in [0.15, 0.2) is 40.4 Å². The lowest BCUT2D eigenvalue weighted by Gasteiger charge is -2.63. The van der Waals surface area contributed by atoms with Crippen LogP contribution in [0.25, 0.3) is 22.1 Å². The molecule has 3 saturated heterocycles. The van der Waals surface area contributed by atoms with Crippen molar-refractivity contribution in [1.82, 2.24) is 50.7 Å². The number of methoxy groups -OCH3 is 1. The average molecular weight is 1680 g/mol. The van der Waals surface area contributed by atoms with Gasteiger partial charge in [0.2, 0.25) is 11.8 Å². The van der Waals surface area contributed by atoms with E-state index in [1.54, 1.807) is 32.4 Å². The van der Waals surface area contributed by atoms with Gasteiger partial charge in [-0.3, -0.25) is 38.6 Å². The number of nitrogens with one attached hydrogen (secondary N) is 5. The molecule has 13 rings (SSSR count). The molecule has 3 aromatic carbocycles. The number of ether oxygens (including phenoxy) is 4. The summed E-state index contributed by atoms with van der Waals surface area (Å²) in [5.41, 5.74) is 2.46. The fourth-order valence-corrected chi connectivity index (χ4v) is 22.3. The molecular formula is C88H119N11O18S2. The fourth-order valence-electron chi connectivity index (χ4n) is 20.4. The number of likely N-dealkylation sites (N-methyl/N-ethyl adjacent to an activating group) is 1. The number of alkyl carbamates (subject to hydrolysis) is 1. The van der Waals surface area contributed by atoms with Crippen LogP contribution >= 0.6 is 21.6 Å². The van der Waals surface area contributed by atoms with Crippen LogP contribution in [0.15, 0.2) is 83.8 Å². The van der Waals surface area contributed by atoms with Gasteiger partial charge in [-0.05, 0) is 139 Å². The van der Waals surface area contributed by atoms with Crippen LogP contribution in [0.3, 0.4) is 0 Å². The van der Waals surface area contributed by atoms with E-state index in [0.29, 0.717) is 131 Å². The Hall–Kier alpha value is -7.76. The Morgan fingerprint density at radius 1 is 0.790 bits per heavy atom. The van der Waals surface area contributed by atoms with Crippen molar-refractivity contribution in [1.29, 1.82) is 0 Å². The number of carbonyl (C=O) groups excluding carboxylic acids is 6. The molecule has 4 unspecified atom stereocenters. The number of carbonyl (C=O) groups is 6. The van der Waals surface area contributed by atoms with Crippen molar-refractivity contribution in [2.24, 2.45) is 11.3 Å². The summed E-state index contributed by atoms with van der Waals surface area (Å²) in [4.78, 5) is 122. The van der Waals surface area contributed by atoms with Gasteiger partial charge in [0.25, 0.3) is 5.56 Å². The number of para-hydroxylation sites is 1. The molecule has 6 aliphatic heterocycles. The van der Waals surface area contributed by atoms with Crippen molar-refractivity contribution >= 4 is 84.6 Å². The van der Waals surface area contributed by atoms with E-state index in [-0.39, 0.29) is 91.6 Å². The normalized spacial score (nSPS) is 28.4. The van der Waals surface area contributed by atoms with Gasteiger partial charge in [-0.15, -0.1) is 0 Å². The number of rotatable bonds is 39. The van der Waals surface area contributed by atoms with Crippen LogP contribution < -0.4 is 31.1 Å². The number of unbranched alkanes of at least 4 members (excludes halogenated alkanes) is 6. The predicted molar refractivity (Wildman–Crippen MR) is 452 cm³/mol. The number of Topliss-reactive ketones (excluding diaryl/α,β-unsaturated/α-hetero) is 3. The van der Waals surface area contributed by atoms with Gasteiger partial charge < -0.3 is 85.5 Å². The second-order valence-electron chi connectivity index (χ2n) is 34.1. The number of aliphatic hydroxyl groups excluding tert-OH is 5. The topological polar surface area (TPSA) is 414 Å². The number of nitrogens with zero attached hydrogens (tertiary/aromatic N) is 6. The molecule has 12 N–H and O–H groups in total.